The van der Waals surface area contributed by atoms with E-state index in [0.717, 1.165) is 39.1 Å². The average Bonchev–Trinajstić information content (AvgIpc) is 2.46. The van der Waals surface area contributed by atoms with E-state index in [-0.39, 0.29) is 6.03 Å². The third-order valence-corrected chi connectivity index (χ3v) is 3.71. The molecular weight excluding hydrogens is 238 g/mol. The molecule has 0 spiro atoms. The lowest BCUT2D eigenvalue weighted by atomic mass is 10.1. The van der Waals surface area contributed by atoms with Crippen LogP contribution < -0.4 is 10.6 Å². The van der Waals surface area contributed by atoms with Crippen molar-refractivity contribution >= 4 is 6.03 Å². The van der Waals surface area contributed by atoms with Crippen LogP contribution in [0.25, 0.3) is 0 Å². The maximum absolute atomic E-state index is 11.8. The number of nitrogens with zero attached hydrogens (tertiary/aromatic N) is 1. The number of hydrogen-bond acceptors (Lipinski definition) is 2. The molecule has 1 aliphatic heterocycles. The summed E-state index contributed by atoms with van der Waals surface area (Å²) >= 11 is 0. The highest BCUT2D eigenvalue weighted by molar-refractivity contribution is 5.74. The summed E-state index contributed by atoms with van der Waals surface area (Å²) in [4.78, 5) is 13.7. The van der Waals surface area contributed by atoms with Crippen LogP contribution in [-0.4, -0.2) is 43.7 Å². The van der Waals surface area contributed by atoms with Crippen LogP contribution in [0.5, 0.6) is 0 Å². The van der Waals surface area contributed by atoms with Gasteiger partial charge in [-0.15, -0.1) is 0 Å². The second-order valence-electron chi connectivity index (χ2n) is 5.44. The van der Waals surface area contributed by atoms with Gasteiger partial charge in [-0.25, -0.2) is 4.79 Å². The summed E-state index contributed by atoms with van der Waals surface area (Å²) in [6, 6.07) is 0.115. The first-order valence-corrected chi connectivity index (χ1v) is 8.08. The van der Waals surface area contributed by atoms with E-state index in [0.29, 0.717) is 0 Å². The summed E-state index contributed by atoms with van der Waals surface area (Å²) in [6.07, 6.45) is 10.5. The number of hydrogen-bond donors (Lipinski definition) is 2. The molecule has 2 amide bonds. The molecule has 0 bridgehead atoms. The Labute approximate surface area is 118 Å². The van der Waals surface area contributed by atoms with Crippen molar-refractivity contribution in [1.29, 1.82) is 0 Å². The van der Waals surface area contributed by atoms with Crippen LogP contribution in [0.4, 0.5) is 4.79 Å². The first kappa shape index (κ1) is 16.3. The Kier molecular flexibility index (Phi) is 9.51. The van der Waals surface area contributed by atoms with Crippen molar-refractivity contribution in [2.45, 2.75) is 58.3 Å². The van der Waals surface area contributed by atoms with E-state index in [1.165, 1.54) is 44.9 Å². The Bertz CT molecular complexity index is 227. The molecule has 0 radical (unpaired) electrons. The maximum Gasteiger partial charge on any atom is 0.317 e. The molecule has 4 nitrogen and oxygen atoms in total. The van der Waals surface area contributed by atoms with Crippen molar-refractivity contribution in [2.75, 3.05) is 32.7 Å². The van der Waals surface area contributed by atoms with E-state index < -0.39 is 0 Å². The minimum atomic E-state index is 0.115. The third kappa shape index (κ3) is 8.09. The lowest BCUT2D eigenvalue weighted by molar-refractivity contribution is 0.190. The van der Waals surface area contributed by atoms with Crippen molar-refractivity contribution in [2.24, 2.45) is 0 Å². The number of urea groups is 1. The van der Waals surface area contributed by atoms with Gasteiger partial charge in [0, 0.05) is 32.7 Å². The van der Waals surface area contributed by atoms with Crippen LogP contribution in [0, 0.1) is 0 Å². The first-order valence-electron chi connectivity index (χ1n) is 8.08. The number of nitrogens with one attached hydrogen (secondary N) is 2. The number of rotatable bonds is 9. The van der Waals surface area contributed by atoms with Crippen LogP contribution in [0.1, 0.15) is 58.3 Å². The fourth-order valence-electron chi connectivity index (χ4n) is 2.43. The predicted molar refractivity (Wildman–Crippen MR) is 80.5 cm³/mol. The average molecular weight is 269 g/mol. The Morgan fingerprint density at radius 2 is 1.58 bits per heavy atom. The lowest BCUT2D eigenvalue weighted by Gasteiger charge is -2.27. The van der Waals surface area contributed by atoms with Gasteiger partial charge in [0.1, 0.15) is 0 Å². The molecule has 1 aliphatic rings. The zero-order valence-corrected chi connectivity index (χ0v) is 12.5. The summed E-state index contributed by atoms with van der Waals surface area (Å²) in [5, 5.41) is 6.28. The molecule has 0 aromatic heterocycles. The van der Waals surface area contributed by atoms with Crippen LogP contribution in [0.2, 0.25) is 0 Å². The Hall–Kier alpha value is -0.770. The molecule has 4 heteroatoms. The highest BCUT2D eigenvalue weighted by Crippen LogP contribution is 2.07. The zero-order chi connectivity index (χ0) is 13.8. The normalized spacial score (nSPS) is 15.5. The molecule has 19 heavy (non-hydrogen) atoms. The molecule has 1 fully saturated rings. The molecule has 0 saturated carbocycles. The minimum Gasteiger partial charge on any atom is -0.338 e. The molecule has 1 saturated heterocycles. The minimum absolute atomic E-state index is 0.115. The van der Waals surface area contributed by atoms with Gasteiger partial charge >= 0.3 is 6.03 Å². The smallest absolute Gasteiger partial charge is 0.317 e. The summed E-state index contributed by atoms with van der Waals surface area (Å²) < 4.78 is 0. The van der Waals surface area contributed by atoms with Gasteiger partial charge in [-0.2, -0.15) is 0 Å². The van der Waals surface area contributed by atoms with Gasteiger partial charge in [-0.05, 0) is 6.42 Å². The van der Waals surface area contributed by atoms with Gasteiger partial charge in [0.2, 0.25) is 0 Å². The monoisotopic (exact) mass is 269 g/mol. The van der Waals surface area contributed by atoms with Crippen molar-refractivity contribution in [3.05, 3.63) is 0 Å². The molecule has 112 valence electrons. The number of piperazine rings is 1. The largest absolute Gasteiger partial charge is 0.338 e. The molecule has 0 unspecified atom stereocenters. The molecule has 0 aromatic rings. The van der Waals surface area contributed by atoms with E-state index in [9.17, 15) is 4.79 Å². The fourth-order valence-corrected chi connectivity index (χ4v) is 2.43. The van der Waals surface area contributed by atoms with Crippen molar-refractivity contribution < 1.29 is 4.79 Å². The highest BCUT2D eigenvalue weighted by Gasteiger charge is 2.14. The molecule has 0 aliphatic carbocycles. The van der Waals surface area contributed by atoms with Crippen molar-refractivity contribution in [3.8, 4) is 0 Å². The second-order valence-corrected chi connectivity index (χ2v) is 5.44. The lowest BCUT2D eigenvalue weighted by Crippen LogP contribution is -2.50. The number of carbonyl (C=O) groups excluding carboxylic acids is 1. The van der Waals surface area contributed by atoms with E-state index in [1.54, 1.807) is 0 Å². The topological polar surface area (TPSA) is 44.4 Å². The molecule has 0 atom stereocenters. The predicted octanol–water partition coefficient (Wildman–Crippen LogP) is 2.74. The van der Waals surface area contributed by atoms with E-state index in [1.807, 2.05) is 4.90 Å². The van der Waals surface area contributed by atoms with Gasteiger partial charge in [0.25, 0.3) is 0 Å². The van der Waals surface area contributed by atoms with Gasteiger partial charge in [-0.3, -0.25) is 0 Å². The molecular formula is C15H31N3O. The number of carbonyl (C=O) groups is 1. The van der Waals surface area contributed by atoms with Crippen molar-refractivity contribution in [1.82, 2.24) is 15.5 Å². The van der Waals surface area contributed by atoms with Crippen molar-refractivity contribution in [3.63, 3.8) is 0 Å². The quantitative estimate of drug-likeness (QED) is 0.632. The maximum atomic E-state index is 11.8. The zero-order valence-electron chi connectivity index (χ0n) is 12.5. The molecule has 2 N–H and O–H groups in total. The van der Waals surface area contributed by atoms with Crippen LogP contribution in [0.15, 0.2) is 0 Å². The van der Waals surface area contributed by atoms with Gasteiger partial charge in [0.05, 0.1) is 0 Å². The highest BCUT2D eigenvalue weighted by atomic mass is 16.2. The Morgan fingerprint density at radius 1 is 1.00 bits per heavy atom. The van der Waals surface area contributed by atoms with E-state index in [2.05, 4.69) is 17.6 Å². The summed E-state index contributed by atoms with van der Waals surface area (Å²) in [7, 11) is 0. The van der Waals surface area contributed by atoms with Crippen LogP contribution in [0.3, 0.4) is 0 Å². The third-order valence-electron chi connectivity index (χ3n) is 3.71. The summed E-state index contributed by atoms with van der Waals surface area (Å²) in [5.41, 5.74) is 0. The van der Waals surface area contributed by atoms with E-state index in [4.69, 9.17) is 0 Å². The first-order chi connectivity index (χ1) is 9.34. The number of amides is 2. The van der Waals surface area contributed by atoms with Crippen LogP contribution in [-0.2, 0) is 0 Å². The fraction of sp³-hybridized carbons (Fsp3) is 0.933. The van der Waals surface area contributed by atoms with Crippen LogP contribution >= 0.6 is 0 Å². The summed E-state index contributed by atoms with van der Waals surface area (Å²) in [6.45, 7) is 6.60. The molecule has 1 rings (SSSR count). The molecule has 0 aromatic carbocycles. The Morgan fingerprint density at radius 3 is 2.21 bits per heavy atom. The SMILES string of the molecule is CCCCCCCCCCNC(=O)N1CCNCC1. The second kappa shape index (κ2) is 11.1. The van der Waals surface area contributed by atoms with Gasteiger partial charge in [0.15, 0.2) is 0 Å². The molecule has 1 heterocycles. The number of unbranched alkanes of at least 4 members (excludes halogenated alkanes) is 7. The van der Waals surface area contributed by atoms with Gasteiger partial charge in [-0.1, -0.05) is 51.9 Å². The standard InChI is InChI=1S/C15H31N3O/c1-2-3-4-5-6-7-8-9-10-17-15(19)18-13-11-16-12-14-18/h16H,2-14H2,1H3,(H,17,19). The van der Waals surface area contributed by atoms with E-state index >= 15 is 0 Å². The Balaban J connectivity index is 1.86. The summed E-state index contributed by atoms with van der Waals surface area (Å²) in [5.74, 6) is 0. The van der Waals surface area contributed by atoms with Gasteiger partial charge < -0.3 is 15.5 Å².